The van der Waals surface area contributed by atoms with E-state index in [0.717, 1.165) is 33.2 Å². The Hall–Kier alpha value is -1.40. The predicted octanol–water partition coefficient (Wildman–Crippen LogP) is 4.98. The minimum Gasteiger partial charge on any atom is -0.496 e. The number of halogens is 1. The highest BCUT2D eigenvalue weighted by molar-refractivity contribution is 9.10. The van der Waals surface area contributed by atoms with E-state index in [-0.39, 0.29) is 24.6 Å². The third kappa shape index (κ3) is 4.78. The zero-order valence-corrected chi connectivity index (χ0v) is 15.6. The zero-order valence-electron chi connectivity index (χ0n) is 13.2. The van der Waals surface area contributed by atoms with Gasteiger partial charge in [-0.2, -0.15) is 0 Å². The van der Waals surface area contributed by atoms with Gasteiger partial charge in [0.15, 0.2) is 5.78 Å². The predicted molar refractivity (Wildman–Crippen MR) is 95.5 cm³/mol. The van der Waals surface area contributed by atoms with E-state index in [1.54, 1.807) is 7.11 Å². The number of esters is 1. The van der Waals surface area contributed by atoms with Gasteiger partial charge in [-0.1, -0.05) is 13.3 Å². The summed E-state index contributed by atoms with van der Waals surface area (Å²) in [6, 6.07) is 5.68. The molecule has 0 aliphatic rings. The molecule has 0 saturated heterocycles. The van der Waals surface area contributed by atoms with Crippen LogP contribution in [0.25, 0.3) is 10.1 Å². The Kier molecular flexibility index (Phi) is 6.59. The molecule has 1 aromatic heterocycles. The molecule has 0 aliphatic carbocycles. The third-order valence-corrected chi connectivity index (χ3v) is 5.14. The monoisotopic (exact) mass is 398 g/mol. The van der Waals surface area contributed by atoms with Crippen molar-refractivity contribution in [3.8, 4) is 5.75 Å². The minimum absolute atomic E-state index is 0.0336. The van der Waals surface area contributed by atoms with Crippen LogP contribution in [0.5, 0.6) is 5.75 Å². The SMILES string of the molecule is CCCCOC(=O)CCC(=O)c1cc2cc(OC)c(Br)cc2s1. The number of carbonyl (C=O) groups excluding carboxylic acids is 2. The molecule has 0 saturated carbocycles. The number of rotatable bonds is 8. The summed E-state index contributed by atoms with van der Waals surface area (Å²) in [7, 11) is 1.61. The van der Waals surface area contributed by atoms with Gasteiger partial charge in [-0.25, -0.2) is 0 Å². The molecule has 0 unspecified atom stereocenters. The summed E-state index contributed by atoms with van der Waals surface area (Å²) < 4.78 is 12.2. The van der Waals surface area contributed by atoms with Crippen molar-refractivity contribution in [2.24, 2.45) is 0 Å². The van der Waals surface area contributed by atoms with Crippen molar-refractivity contribution < 1.29 is 19.1 Å². The van der Waals surface area contributed by atoms with Crippen LogP contribution >= 0.6 is 27.3 Å². The summed E-state index contributed by atoms with van der Waals surface area (Å²) >= 11 is 4.86. The number of benzene rings is 1. The van der Waals surface area contributed by atoms with E-state index in [1.807, 2.05) is 25.1 Å². The van der Waals surface area contributed by atoms with Gasteiger partial charge in [-0.15, -0.1) is 11.3 Å². The van der Waals surface area contributed by atoms with Crippen LogP contribution in [0.15, 0.2) is 22.7 Å². The number of ketones is 1. The van der Waals surface area contributed by atoms with E-state index in [0.29, 0.717) is 11.5 Å². The van der Waals surface area contributed by atoms with Crippen molar-refractivity contribution in [3.63, 3.8) is 0 Å². The smallest absolute Gasteiger partial charge is 0.306 e. The quantitative estimate of drug-likeness (QED) is 0.357. The lowest BCUT2D eigenvalue weighted by Crippen LogP contribution is -2.08. The minimum atomic E-state index is -0.308. The number of methoxy groups -OCH3 is 1. The molecule has 0 aliphatic heterocycles. The Labute approximate surface area is 147 Å². The Morgan fingerprint density at radius 1 is 1.22 bits per heavy atom. The number of hydrogen-bond donors (Lipinski definition) is 0. The van der Waals surface area contributed by atoms with E-state index in [1.165, 1.54) is 11.3 Å². The molecule has 0 atom stereocenters. The van der Waals surface area contributed by atoms with Crippen molar-refractivity contribution in [2.75, 3.05) is 13.7 Å². The summed E-state index contributed by atoms with van der Waals surface area (Å²) in [5.41, 5.74) is 0. The molecule has 0 radical (unpaired) electrons. The van der Waals surface area contributed by atoms with Crippen LogP contribution in [-0.2, 0) is 9.53 Å². The second-order valence-electron chi connectivity index (χ2n) is 5.13. The Bertz CT molecular complexity index is 708. The van der Waals surface area contributed by atoms with Gasteiger partial charge in [0.2, 0.25) is 0 Å². The lowest BCUT2D eigenvalue weighted by atomic mass is 10.1. The number of ether oxygens (including phenoxy) is 2. The van der Waals surface area contributed by atoms with Gasteiger partial charge < -0.3 is 9.47 Å². The van der Waals surface area contributed by atoms with Crippen molar-refractivity contribution in [3.05, 3.63) is 27.5 Å². The highest BCUT2D eigenvalue weighted by Gasteiger charge is 2.14. The number of thiophene rings is 1. The fourth-order valence-corrected chi connectivity index (χ4v) is 3.78. The highest BCUT2D eigenvalue weighted by Crippen LogP contribution is 2.35. The van der Waals surface area contributed by atoms with Crippen LogP contribution in [0.4, 0.5) is 0 Å². The largest absolute Gasteiger partial charge is 0.496 e. The van der Waals surface area contributed by atoms with E-state index in [4.69, 9.17) is 9.47 Å². The summed E-state index contributed by atoms with van der Waals surface area (Å²) in [5, 5.41) is 0.962. The second kappa shape index (κ2) is 8.45. The first-order valence-corrected chi connectivity index (χ1v) is 9.12. The van der Waals surface area contributed by atoms with Crippen LogP contribution in [0.1, 0.15) is 42.3 Å². The normalized spacial score (nSPS) is 10.7. The van der Waals surface area contributed by atoms with E-state index in [2.05, 4.69) is 15.9 Å². The molecule has 1 heterocycles. The molecule has 0 N–H and O–H groups in total. The van der Waals surface area contributed by atoms with Crippen LogP contribution < -0.4 is 4.74 Å². The first-order chi connectivity index (χ1) is 11.0. The maximum Gasteiger partial charge on any atom is 0.306 e. The number of unbranched alkanes of at least 4 members (excludes halogenated alkanes) is 1. The molecule has 0 fully saturated rings. The molecule has 124 valence electrons. The van der Waals surface area contributed by atoms with Crippen LogP contribution in [0, 0.1) is 0 Å². The van der Waals surface area contributed by atoms with Gasteiger partial charge in [0, 0.05) is 11.1 Å². The average Bonchev–Trinajstić information content (AvgIpc) is 2.94. The molecule has 0 amide bonds. The maximum atomic E-state index is 12.2. The summed E-state index contributed by atoms with van der Waals surface area (Å²) in [4.78, 5) is 24.5. The molecule has 2 rings (SSSR count). The first kappa shape index (κ1) is 17.9. The third-order valence-electron chi connectivity index (χ3n) is 3.38. The van der Waals surface area contributed by atoms with Gasteiger partial charge in [0.25, 0.3) is 0 Å². The molecular weight excluding hydrogens is 380 g/mol. The lowest BCUT2D eigenvalue weighted by Gasteiger charge is -2.02. The number of Topliss-reactive ketones (excluding diaryl/α,β-unsaturated/α-hetero) is 1. The molecular formula is C17H19BrO4S. The topological polar surface area (TPSA) is 52.6 Å². The summed E-state index contributed by atoms with van der Waals surface area (Å²) in [5.74, 6) is 0.389. The molecule has 0 bridgehead atoms. The van der Waals surface area contributed by atoms with Gasteiger partial charge in [-0.3, -0.25) is 9.59 Å². The molecule has 4 nitrogen and oxygen atoms in total. The molecule has 23 heavy (non-hydrogen) atoms. The van der Waals surface area contributed by atoms with Gasteiger partial charge >= 0.3 is 5.97 Å². The van der Waals surface area contributed by atoms with E-state index >= 15 is 0 Å². The Balaban J connectivity index is 1.99. The second-order valence-corrected chi connectivity index (χ2v) is 7.07. The molecule has 0 spiro atoms. The van der Waals surface area contributed by atoms with Crippen molar-refractivity contribution in [1.29, 1.82) is 0 Å². The number of hydrogen-bond acceptors (Lipinski definition) is 5. The van der Waals surface area contributed by atoms with E-state index in [9.17, 15) is 9.59 Å². The van der Waals surface area contributed by atoms with Gasteiger partial charge in [-0.05, 0) is 45.9 Å². The number of fused-ring (bicyclic) bond motifs is 1. The maximum absolute atomic E-state index is 12.2. The number of carbonyl (C=O) groups is 2. The van der Waals surface area contributed by atoms with Crippen LogP contribution in [0.2, 0.25) is 0 Å². The molecule has 6 heteroatoms. The Morgan fingerprint density at radius 2 is 2.00 bits per heavy atom. The molecule has 1 aromatic carbocycles. The zero-order chi connectivity index (χ0) is 16.8. The van der Waals surface area contributed by atoms with Crippen LogP contribution in [-0.4, -0.2) is 25.5 Å². The molecule has 2 aromatic rings. The highest BCUT2D eigenvalue weighted by atomic mass is 79.9. The van der Waals surface area contributed by atoms with E-state index < -0.39 is 0 Å². The average molecular weight is 399 g/mol. The first-order valence-electron chi connectivity index (χ1n) is 7.51. The Morgan fingerprint density at radius 3 is 2.70 bits per heavy atom. The fourth-order valence-electron chi connectivity index (χ4n) is 2.08. The fraction of sp³-hybridized carbons (Fsp3) is 0.412. The summed E-state index contributed by atoms with van der Waals surface area (Å²) in [6.07, 6.45) is 2.14. The standard InChI is InChI=1S/C17H19BrO4S/c1-3-4-7-22-17(20)6-5-13(19)16-9-11-8-14(21-2)12(18)10-15(11)23-16/h8-10H,3-7H2,1-2H3. The summed E-state index contributed by atoms with van der Waals surface area (Å²) in [6.45, 7) is 2.46. The van der Waals surface area contributed by atoms with Gasteiger partial charge in [0.05, 0.1) is 29.5 Å². The van der Waals surface area contributed by atoms with Crippen molar-refractivity contribution in [2.45, 2.75) is 32.6 Å². The van der Waals surface area contributed by atoms with Gasteiger partial charge in [0.1, 0.15) is 5.75 Å². The van der Waals surface area contributed by atoms with Crippen LogP contribution in [0.3, 0.4) is 0 Å². The van der Waals surface area contributed by atoms with Crippen molar-refractivity contribution >= 4 is 49.1 Å². The van der Waals surface area contributed by atoms with Crippen molar-refractivity contribution in [1.82, 2.24) is 0 Å². The lowest BCUT2D eigenvalue weighted by molar-refractivity contribution is -0.143.